The van der Waals surface area contributed by atoms with E-state index in [9.17, 15) is 0 Å². The van der Waals surface area contributed by atoms with Crippen LogP contribution in [0.3, 0.4) is 0 Å². The van der Waals surface area contributed by atoms with Crippen LogP contribution in [0.2, 0.25) is 0 Å². The predicted molar refractivity (Wildman–Crippen MR) is 89.5 cm³/mol. The predicted octanol–water partition coefficient (Wildman–Crippen LogP) is 4.71. The van der Waals surface area contributed by atoms with Gasteiger partial charge in [-0.25, -0.2) is 0 Å². The van der Waals surface area contributed by atoms with E-state index in [1.54, 1.807) is 0 Å². The maximum atomic E-state index is 6.37. The van der Waals surface area contributed by atoms with Crippen LogP contribution in [0, 0.1) is 5.92 Å². The number of ether oxygens (including phenoxy) is 1. The number of hydrogen-bond donors (Lipinski definition) is 1. The van der Waals surface area contributed by atoms with E-state index in [-0.39, 0.29) is 5.60 Å². The van der Waals surface area contributed by atoms with Gasteiger partial charge in [0, 0.05) is 6.61 Å². The molecular formula is C19H31NO. The highest BCUT2D eigenvalue weighted by molar-refractivity contribution is 5.23. The summed E-state index contributed by atoms with van der Waals surface area (Å²) in [5.74, 6) is 0.834. The van der Waals surface area contributed by atoms with E-state index >= 15 is 0 Å². The summed E-state index contributed by atoms with van der Waals surface area (Å²) < 4.78 is 6.37. The first-order valence-electron chi connectivity index (χ1n) is 8.64. The maximum absolute atomic E-state index is 6.37. The molecule has 1 aliphatic carbocycles. The second-order valence-corrected chi connectivity index (χ2v) is 6.48. The van der Waals surface area contributed by atoms with Crippen molar-refractivity contribution in [2.45, 2.75) is 64.5 Å². The number of nitrogens with one attached hydrogen (secondary N) is 1. The van der Waals surface area contributed by atoms with Crippen molar-refractivity contribution in [3.63, 3.8) is 0 Å². The molecule has 1 N–H and O–H groups in total. The van der Waals surface area contributed by atoms with Crippen molar-refractivity contribution in [3.8, 4) is 0 Å². The molecule has 0 bridgehead atoms. The van der Waals surface area contributed by atoms with Gasteiger partial charge in [0.25, 0.3) is 0 Å². The van der Waals surface area contributed by atoms with Gasteiger partial charge in [0.1, 0.15) is 0 Å². The number of hydrogen-bond acceptors (Lipinski definition) is 2. The summed E-state index contributed by atoms with van der Waals surface area (Å²) >= 11 is 0. The average Bonchev–Trinajstić information content (AvgIpc) is 2.52. The molecule has 1 fully saturated rings. The molecule has 0 radical (unpaired) electrons. The second kappa shape index (κ2) is 7.95. The van der Waals surface area contributed by atoms with E-state index in [4.69, 9.17) is 4.74 Å². The van der Waals surface area contributed by atoms with Gasteiger partial charge in [-0.2, -0.15) is 0 Å². The SMILES string of the molecule is CCCNC(c1ccccc1)C1(OCC)CCC(C)CC1. The van der Waals surface area contributed by atoms with Gasteiger partial charge >= 0.3 is 0 Å². The normalized spacial score (nSPS) is 27.5. The minimum absolute atomic E-state index is 0.0300. The van der Waals surface area contributed by atoms with Crippen LogP contribution in [-0.2, 0) is 4.74 Å². The van der Waals surface area contributed by atoms with Gasteiger partial charge in [0.2, 0.25) is 0 Å². The fourth-order valence-electron chi connectivity index (χ4n) is 3.60. The van der Waals surface area contributed by atoms with E-state index in [0.29, 0.717) is 6.04 Å². The van der Waals surface area contributed by atoms with Crippen LogP contribution < -0.4 is 5.32 Å². The van der Waals surface area contributed by atoms with Crippen LogP contribution in [0.15, 0.2) is 30.3 Å². The first-order chi connectivity index (χ1) is 10.2. The zero-order valence-electron chi connectivity index (χ0n) is 13.9. The van der Waals surface area contributed by atoms with E-state index < -0.39 is 0 Å². The standard InChI is InChI=1S/C19H31NO/c1-4-15-20-18(17-9-7-6-8-10-17)19(21-5-2)13-11-16(3)12-14-19/h6-10,16,18,20H,4-5,11-15H2,1-3H3. The van der Waals surface area contributed by atoms with Crippen LogP contribution in [0.1, 0.15) is 64.5 Å². The minimum Gasteiger partial charge on any atom is -0.373 e. The van der Waals surface area contributed by atoms with E-state index in [1.165, 1.54) is 18.4 Å². The van der Waals surface area contributed by atoms with Crippen molar-refractivity contribution in [3.05, 3.63) is 35.9 Å². The zero-order chi connectivity index (χ0) is 15.1. The topological polar surface area (TPSA) is 21.3 Å². The van der Waals surface area contributed by atoms with Crippen molar-refractivity contribution in [2.24, 2.45) is 5.92 Å². The van der Waals surface area contributed by atoms with Gasteiger partial charge in [-0.15, -0.1) is 0 Å². The first-order valence-corrected chi connectivity index (χ1v) is 8.64. The van der Waals surface area contributed by atoms with Crippen LogP contribution in [0.25, 0.3) is 0 Å². The number of rotatable bonds is 7. The monoisotopic (exact) mass is 289 g/mol. The smallest absolute Gasteiger partial charge is 0.0876 e. The molecule has 1 aliphatic rings. The molecule has 2 heteroatoms. The van der Waals surface area contributed by atoms with Crippen molar-refractivity contribution < 1.29 is 4.74 Å². The molecule has 0 aliphatic heterocycles. The molecule has 2 rings (SSSR count). The van der Waals surface area contributed by atoms with Crippen molar-refractivity contribution >= 4 is 0 Å². The van der Waals surface area contributed by atoms with Gasteiger partial charge in [-0.05, 0) is 57.1 Å². The first kappa shape index (κ1) is 16.5. The Bertz CT molecular complexity index is 395. The molecule has 1 atom stereocenters. The molecule has 1 saturated carbocycles. The molecular weight excluding hydrogens is 258 g/mol. The summed E-state index contributed by atoms with van der Waals surface area (Å²) in [5, 5.41) is 3.77. The third kappa shape index (κ3) is 4.08. The molecule has 2 nitrogen and oxygen atoms in total. The molecule has 0 aromatic heterocycles. The van der Waals surface area contributed by atoms with Gasteiger partial charge in [0.15, 0.2) is 0 Å². The van der Waals surface area contributed by atoms with Gasteiger partial charge in [-0.1, -0.05) is 44.2 Å². The van der Waals surface area contributed by atoms with Crippen LogP contribution in [0.5, 0.6) is 0 Å². The van der Waals surface area contributed by atoms with Crippen LogP contribution in [0.4, 0.5) is 0 Å². The van der Waals surface area contributed by atoms with Gasteiger partial charge in [0.05, 0.1) is 11.6 Å². The molecule has 1 aromatic carbocycles. The average molecular weight is 289 g/mol. The van der Waals surface area contributed by atoms with Crippen molar-refractivity contribution in [1.29, 1.82) is 0 Å². The fraction of sp³-hybridized carbons (Fsp3) is 0.684. The fourth-order valence-corrected chi connectivity index (χ4v) is 3.60. The summed E-state index contributed by atoms with van der Waals surface area (Å²) in [6.45, 7) is 8.56. The third-order valence-corrected chi connectivity index (χ3v) is 4.81. The Morgan fingerprint density at radius 2 is 1.86 bits per heavy atom. The molecule has 0 saturated heterocycles. The lowest BCUT2D eigenvalue weighted by Gasteiger charge is -2.45. The Morgan fingerprint density at radius 1 is 1.19 bits per heavy atom. The Morgan fingerprint density at radius 3 is 2.43 bits per heavy atom. The highest BCUT2D eigenvalue weighted by Crippen LogP contribution is 2.43. The lowest BCUT2D eigenvalue weighted by Crippen LogP contribution is -2.48. The van der Waals surface area contributed by atoms with Crippen molar-refractivity contribution in [2.75, 3.05) is 13.2 Å². The lowest BCUT2D eigenvalue weighted by atomic mass is 9.73. The second-order valence-electron chi connectivity index (χ2n) is 6.48. The summed E-state index contributed by atoms with van der Waals surface area (Å²) in [6, 6.07) is 11.2. The largest absolute Gasteiger partial charge is 0.373 e. The molecule has 0 amide bonds. The molecule has 0 heterocycles. The minimum atomic E-state index is -0.0300. The van der Waals surface area contributed by atoms with Crippen LogP contribution in [-0.4, -0.2) is 18.8 Å². The zero-order valence-corrected chi connectivity index (χ0v) is 13.9. The van der Waals surface area contributed by atoms with Gasteiger partial charge < -0.3 is 10.1 Å². The summed E-state index contributed by atoms with van der Waals surface area (Å²) in [6.07, 6.45) is 6.03. The Hall–Kier alpha value is -0.860. The van der Waals surface area contributed by atoms with Gasteiger partial charge in [-0.3, -0.25) is 0 Å². The summed E-state index contributed by atoms with van der Waals surface area (Å²) in [7, 11) is 0. The highest BCUT2D eigenvalue weighted by Gasteiger charge is 2.42. The lowest BCUT2D eigenvalue weighted by molar-refractivity contribution is -0.0975. The van der Waals surface area contributed by atoms with E-state index in [0.717, 1.165) is 38.3 Å². The third-order valence-electron chi connectivity index (χ3n) is 4.81. The Kier molecular flexibility index (Phi) is 6.25. The summed E-state index contributed by atoms with van der Waals surface area (Å²) in [5.41, 5.74) is 1.34. The summed E-state index contributed by atoms with van der Waals surface area (Å²) in [4.78, 5) is 0. The number of benzene rings is 1. The van der Waals surface area contributed by atoms with E-state index in [1.807, 2.05) is 0 Å². The highest BCUT2D eigenvalue weighted by atomic mass is 16.5. The molecule has 118 valence electrons. The molecule has 1 aromatic rings. The van der Waals surface area contributed by atoms with E-state index in [2.05, 4.69) is 56.4 Å². The maximum Gasteiger partial charge on any atom is 0.0876 e. The Balaban J connectivity index is 2.26. The molecule has 1 unspecified atom stereocenters. The van der Waals surface area contributed by atoms with Crippen molar-refractivity contribution in [1.82, 2.24) is 5.32 Å². The quantitative estimate of drug-likeness (QED) is 0.784. The Labute approximate surface area is 130 Å². The molecule has 21 heavy (non-hydrogen) atoms. The van der Waals surface area contributed by atoms with Crippen LogP contribution >= 0.6 is 0 Å². The molecule has 0 spiro atoms.